The zero-order valence-electron chi connectivity index (χ0n) is 14.3. The van der Waals surface area contributed by atoms with Gasteiger partial charge in [0.15, 0.2) is 11.5 Å². The highest BCUT2D eigenvalue weighted by Crippen LogP contribution is 2.44. The molecule has 0 bridgehead atoms. The minimum atomic E-state index is -0.509. The quantitative estimate of drug-likeness (QED) is 0.780. The van der Waals surface area contributed by atoms with E-state index in [2.05, 4.69) is 0 Å². The van der Waals surface area contributed by atoms with Crippen molar-refractivity contribution in [3.8, 4) is 11.5 Å². The summed E-state index contributed by atoms with van der Waals surface area (Å²) in [6.07, 6.45) is 0.640. The van der Waals surface area contributed by atoms with Crippen LogP contribution in [-0.4, -0.2) is 37.4 Å². The van der Waals surface area contributed by atoms with Crippen molar-refractivity contribution in [2.24, 2.45) is 0 Å². The molecule has 0 aromatic heterocycles. The normalized spacial score (nSPS) is 15.9. The lowest BCUT2D eigenvalue weighted by Crippen LogP contribution is -2.33. The molecule has 6 heteroatoms. The number of amides is 1. The lowest BCUT2D eigenvalue weighted by Gasteiger charge is -2.28. The molecule has 2 aliphatic rings. The van der Waals surface area contributed by atoms with Gasteiger partial charge in [0.25, 0.3) is 11.7 Å². The van der Waals surface area contributed by atoms with Crippen molar-refractivity contribution in [3.05, 3.63) is 58.1 Å². The fourth-order valence-corrected chi connectivity index (χ4v) is 3.75. The van der Waals surface area contributed by atoms with Crippen LogP contribution in [0.5, 0.6) is 11.5 Å². The SMILES string of the molecule is COc1cc2c(cc1OC)C1=C(c3cccc(Cl)c3)C(=O)C(=O)N1CC2. The van der Waals surface area contributed by atoms with Gasteiger partial charge in [-0.2, -0.15) is 0 Å². The molecule has 0 saturated carbocycles. The molecule has 1 amide bonds. The number of halogens is 1. The van der Waals surface area contributed by atoms with Gasteiger partial charge < -0.3 is 14.4 Å². The van der Waals surface area contributed by atoms with Crippen LogP contribution in [0, 0.1) is 0 Å². The van der Waals surface area contributed by atoms with Gasteiger partial charge in [0.1, 0.15) is 0 Å². The molecule has 2 aromatic rings. The van der Waals surface area contributed by atoms with E-state index in [-0.39, 0.29) is 0 Å². The Labute approximate surface area is 155 Å². The molecule has 26 heavy (non-hydrogen) atoms. The molecule has 0 fully saturated rings. The smallest absolute Gasteiger partial charge is 0.299 e. The van der Waals surface area contributed by atoms with Gasteiger partial charge in [0.2, 0.25) is 0 Å². The van der Waals surface area contributed by atoms with E-state index in [1.54, 1.807) is 43.4 Å². The number of ether oxygens (including phenoxy) is 2. The van der Waals surface area contributed by atoms with Gasteiger partial charge in [0, 0.05) is 17.1 Å². The summed E-state index contributed by atoms with van der Waals surface area (Å²) in [5.74, 6) is 0.165. The largest absolute Gasteiger partial charge is 0.493 e. The Balaban J connectivity index is 2.00. The molecule has 132 valence electrons. The molecule has 0 spiro atoms. The second kappa shape index (κ2) is 6.18. The zero-order chi connectivity index (χ0) is 18.4. The first-order valence-electron chi connectivity index (χ1n) is 8.17. The van der Waals surface area contributed by atoms with Gasteiger partial charge in [-0.15, -0.1) is 0 Å². The van der Waals surface area contributed by atoms with E-state index in [9.17, 15) is 9.59 Å². The first kappa shape index (κ1) is 16.7. The van der Waals surface area contributed by atoms with Crippen LogP contribution in [0.4, 0.5) is 0 Å². The number of hydrogen-bond donors (Lipinski definition) is 0. The first-order valence-corrected chi connectivity index (χ1v) is 8.54. The molecule has 2 aliphatic heterocycles. The molecule has 4 rings (SSSR count). The molecule has 0 atom stereocenters. The Morgan fingerprint density at radius 2 is 1.77 bits per heavy atom. The Kier molecular flexibility index (Phi) is 3.96. The topological polar surface area (TPSA) is 55.8 Å². The fraction of sp³-hybridized carbons (Fsp3) is 0.200. The summed E-state index contributed by atoms with van der Waals surface area (Å²) in [7, 11) is 3.14. The third-order valence-electron chi connectivity index (χ3n) is 4.76. The predicted molar refractivity (Wildman–Crippen MR) is 98.2 cm³/mol. The lowest BCUT2D eigenvalue weighted by atomic mass is 9.92. The molecule has 5 nitrogen and oxygen atoms in total. The third kappa shape index (κ3) is 2.39. The number of Topliss-reactive ketones (excluding diaryl/α,β-unsaturated/α-hetero) is 1. The summed E-state index contributed by atoms with van der Waals surface area (Å²) < 4.78 is 10.8. The zero-order valence-corrected chi connectivity index (χ0v) is 15.1. The molecule has 0 unspecified atom stereocenters. The number of fused-ring (bicyclic) bond motifs is 3. The fourth-order valence-electron chi connectivity index (χ4n) is 3.56. The third-order valence-corrected chi connectivity index (χ3v) is 4.99. The van der Waals surface area contributed by atoms with Crippen molar-refractivity contribution < 1.29 is 19.1 Å². The summed E-state index contributed by atoms with van der Waals surface area (Å²) in [5, 5.41) is 0.512. The first-order chi connectivity index (χ1) is 12.5. The molecular formula is C20H16ClNO4. The van der Waals surface area contributed by atoms with Crippen molar-refractivity contribution in [1.82, 2.24) is 4.90 Å². The standard InChI is InChI=1S/C20H16ClNO4/c1-25-15-9-11-6-7-22-18(14(11)10-16(15)26-2)17(19(23)20(22)24)12-4-3-5-13(21)8-12/h3-5,8-10H,6-7H2,1-2H3. The summed E-state index contributed by atoms with van der Waals surface area (Å²) in [5.41, 5.74) is 3.45. The number of carbonyl (C=O) groups excluding carboxylic acids is 2. The maximum Gasteiger partial charge on any atom is 0.299 e. The Bertz CT molecular complexity index is 980. The highest BCUT2D eigenvalue weighted by atomic mass is 35.5. The van der Waals surface area contributed by atoms with Crippen LogP contribution in [0.3, 0.4) is 0 Å². The Morgan fingerprint density at radius 1 is 1.04 bits per heavy atom. The van der Waals surface area contributed by atoms with Gasteiger partial charge >= 0.3 is 0 Å². The minimum Gasteiger partial charge on any atom is -0.493 e. The van der Waals surface area contributed by atoms with Crippen LogP contribution >= 0.6 is 11.6 Å². The number of rotatable bonds is 3. The van der Waals surface area contributed by atoms with Crippen LogP contribution in [0.1, 0.15) is 16.7 Å². The molecular weight excluding hydrogens is 354 g/mol. The Morgan fingerprint density at radius 3 is 2.46 bits per heavy atom. The molecule has 0 N–H and O–H groups in total. The number of benzene rings is 2. The van der Waals surface area contributed by atoms with Crippen LogP contribution in [-0.2, 0) is 16.0 Å². The van der Waals surface area contributed by atoms with E-state index in [1.807, 2.05) is 12.1 Å². The van der Waals surface area contributed by atoms with Gasteiger partial charge in [-0.05, 0) is 41.8 Å². The number of carbonyl (C=O) groups is 2. The lowest BCUT2D eigenvalue weighted by molar-refractivity contribution is -0.138. The Hall–Kier alpha value is -2.79. The van der Waals surface area contributed by atoms with Crippen LogP contribution in [0.2, 0.25) is 5.02 Å². The van der Waals surface area contributed by atoms with Gasteiger partial charge in [-0.3, -0.25) is 9.59 Å². The molecule has 0 aliphatic carbocycles. The highest BCUT2D eigenvalue weighted by Gasteiger charge is 2.42. The van der Waals surface area contributed by atoms with Crippen LogP contribution in [0.25, 0.3) is 11.3 Å². The summed E-state index contributed by atoms with van der Waals surface area (Å²) in [6, 6.07) is 10.7. The molecule has 2 heterocycles. The molecule has 0 radical (unpaired) electrons. The second-order valence-electron chi connectivity index (χ2n) is 6.13. The van der Waals surface area contributed by atoms with Crippen molar-refractivity contribution >= 4 is 34.6 Å². The highest BCUT2D eigenvalue weighted by molar-refractivity contribution is 6.60. The maximum absolute atomic E-state index is 12.7. The van der Waals surface area contributed by atoms with Crippen molar-refractivity contribution in [3.63, 3.8) is 0 Å². The summed E-state index contributed by atoms with van der Waals surface area (Å²) in [6.45, 7) is 0.451. The van der Waals surface area contributed by atoms with E-state index in [0.717, 1.165) is 11.1 Å². The summed E-state index contributed by atoms with van der Waals surface area (Å²) in [4.78, 5) is 26.8. The number of methoxy groups -OCH3 is 2. The minimum absolute atomic E-state index is 0.380. The van der Waals surface area contributed by atoms with Crippen molar-refractivity contribution in [2.75, 3.05) is 20.8 Å². The average Bonchev–Trinajstić information content (AvgIpc) is 2.91. The van der Waals surface area contributed by atoms with Crippen LogP contribution in [0.15, 0.2) is 36.4 Å². The predicted octanol–water partition coefficient (Wildman–Crippen LogP) is 3.19. The van der Waals surface area contributed by atoms with E-state index >= 15 is 0 Å². The van der Waals surface area contributed by atoms with Gasteiger partial charge in [-0.25, -0.2) is 0 Å². The average molecular weight is 370 g/mol. The van der Waals surface area contributed by atoms with Gasteiger partial charge in [-0.1, -0.05) is 23.7 Å². The van der Waals surface area contributed by atoms with Crippen LogP contribution < -0.4 is 9.47 Å². The monoisotopic (exact) mass is 369 g/mol. The molecule has 0 saturated heterocycles. The number of nitrogens with zero attached hydrogens (tertiary/aromatic N) is 1. The van der Waals surface area contributed by atoms with Gasteiger partial charge in [0.05, 0.1) is 25.5 Å². The van der Waals surface area contributed by atoms with E-state index in [4.69, 9.17) is 21.1 Å². The maximum atomic E-state index is 12.7. The van der Waals surface area contributed by atoms with Crippen molar-refractivity contribution in [2.45, 2.75) is 6.42 Å². The molecule has 2 aromatic carbocycles. The van der Waals surface area contributed by atoms with E-state index in [1.165, 1.54) is 0 Å². The van der Waals surface area contributed by atoms with E-state index < -0.39 is 11.7 Å². The van der Waals surface area contributed by atoms with E-state index in [0.29, 0.717) is 46.3 Å². The second-order valence-corrected chi connectivity index (χ2v) is 6.57. The number of ketones is 1. The summed E-state index contributed by atoms with van der Waals surface area (Å²) >= 11 is 6.10. The van der Waals surface area contributed by atoms with Crippen molar-refractivity contribution in [1.29, 1.82) is 0 Å². The number of hydrogen-bond acceptors (Lipinski definition) is 4.